The Kier molecular flexibility index (Phi) is 14.0. The molecule has 10 rings (SSSR count). The van der Waals surface area contributed by atoms with Crippen molar-refractivity contribution in [3.63, 3.8) is 0 Å². The van der Waals surface area contributed by atoms with Crippen molar-refractivity contribution < 1.29 is 0 Å². The molecule has 1 aromatic heterocycles. The maximum Gasteiger partial charge on any atom is 0.0542 e. The van der Waals surface area contributed by atoms with Crippen LogP contribution in [0.2, 0.25) is 0 Å². The zero-order chi connectivity index (χ0) is 56.5. The summed E-state index contributed by atoms with van der Waals surface area (Å²) in [7, 11) is 0. The highest BCUT2D eigenvalue weighted by atomic mass is 15.2. The molecule has 0 unspecified atom stereocenters. The van der Waals surface area contributed by atoms with Crippen molar-refractivity contribution >= 4 is 55.9 Å². The van der Waals surface area contributed by atoms with Crippen LogP contribution in [0.3, 0.4) is 0 Å². The van der Waals surface area contributed by atoms with Crippen LogP contribution in [0.4, 0.5) is 34.1 Å². The van der Waals surface area contributed by atoms with Gasteiger partial charge in [-0.3, -0.25) is 0 Å². The van der Waals surface area contributed by atoms with E-state index < -0.39 is 0 Å². The summed E-state index contributed by atoms with van der Waals surface area (Å²) in [6, 6.07) is 80.5. The van der Waals surface area contributed by atoms with E-state index in [4.69, 9.17) is 0 Å². The van der Waals surface area contributed by atoms with Crippen molar-refractivity contribution in [2.24, 2.45) is 0 Å². The molecule has 0 aliphatic carbocycles. The molecule has 0 amide bonds. The van der Waals surface area contributed by atoms with Crippen LogP contribution >= 0.6 is 0 Å². The van der Waals surface area contributed by atoms with E-state index in [1.165, 1.54) is 55.3 Å². The average Bonchev–Trinajstić information content (AvgIpc) is 4.03. The molecule has 0 aliphatic heterocycles. The Morgan fingerprint density at radius 2 is 0.506 bits per heavy atom. The smallest absolute Gasteiger partial charge is 0.0542 e. The lowest BCUT2D eigenvalue weighted by Crippen LogP contribution is -2.23. The van der Waals surface area contributed by atoms with Gasteiger partial charge in [-0.05, 0) is 163 Å². The molecular weight excluding hydrogens is 955 g/mol. The normalized spacial score (nSPS) is 12.8. The number of nitrogens with zero attached hydrogens (tertiary/aromatic N) is 3. The summed E-state index contributed by atoms with van der Waals surface area (Å²) in [5, 5.41) is 2.36. The fourth-order valence-corrected chi connectivity index (χ4v) is 11.4. The molecule has 0 N–H and O–H groups in total. The average molecular weight is 1040 g/mol. The summed E-state index contributed by atoms with van der Waals surface area (Å²) in [6.45, 7) is 36.9. The molecule has 0 fully saturated rings. The molecule has 9 aromatic carbocycles. The maximum absolute atomic E-state index is 2.54. The zero-order valence-electron chi connectivity index (χ0n) is 50.0. The monoisotopic (exact) mass is 1040 g/mol. The fraction of sp³-hybridized carbons (Fsp3) is 0.289. The first-order valence-electron chi connectivity index (χ1n) is 28.6. The molecule has 3 nitrogen and oxygen atoms in total. The second-order valence-corrected chi connectivity index (χ2v) is 27.3. The van der Waals surface area contributed by atoms with Gasteiger partial charge in [0.25, 0.3) is 0 Å². The molecule has 1 heterocycles. The zero-order valence-corrected chi connectivity index (χ0v) is 50.0. The van der Waals surface area contributed by atoms with Crippen molar-refractivity contribution in [2.45, 2.75) is 143 Å². The number of anilines is 6. The molecule has 402 valence electrons. The van der Waals surface area contributed by atoms with E-state index in [-0.39, 0.29) is 32.5 Å². The molecule has 0 aliphatic rings. The Bertz CT molecular complexity index is 3390. The number of hydrogen-bond acceptors (Lipinski definition) is 2. The van der Waals surface area contributed by atoms with Gasteiger partial charge in [0.05, 0.1) is 11.0 Å². The highest BCUT2D eigenvalue weighted by Gasteiger charge is 2.31. The first kappa shape index (κ1) is 54.7. The van der Waals surface area contributed by atoms with Gasteiger partial charge in [0.2, 0.25) is 0 Å². The number of aromatic nitrogens is 1. The summed E-state index contributed by atoms with van der Waals surface area (Å²) in [5.74, 6) is 0. The van der Waals surface area contributed by atoms with Crippen LogP contribution < -0.4 is 9.80 Å². The van der Waals surface area contributed by atoms with E-state index in [0.29, 0.717) is 0 Å². The minimum atomic E-state index is -0.297. The Morgan fingerprint density at radius 3 is 0.772 bits per heavy atom. The molecule has 79 heavy (non-hydrogen) atoms. The first-order valence-corrected chi connectivity index (χ1v) is 28.6. The van der Waals surface area contributed by atoms with E-state index in [0.717, 1.165) is 50.8 Å². The molecule has 3 heteroatoms. The van der Waals surface area contributed by atoms with Crippen LogP contribution in [0.1, 0.15) is 155 Å². The van der Waals surface area contributed by atoms with E-state index in [2.05, 4.69) is 337 Å². The second-order valence-electron chi connectivity index (χ2n) is 27.3. The number of benzene rings is 9. The van der Waals surface area contributed by atoms with Gasteiger partial charge in [0.15, 0.2) is 0 Å². The molecule has 0 saturated heterocycles. The van der Waals surface area contributed by atoms with Crippen molar-refractivity contribution in [1.29, 1.82) is 0 Å². The number of fused-ring (bicyclic) bond motifs is 3. The Morgan fingerprint density at radius 1 is 0.241 bits per heavy atom. The molecular formula is C76H83N3. The van der Waals surface area contributed by atoms with Gasteiger partial charge in [-0.25, -0.2) is 0 Å². The van der Waals surface area contributed by atoms with Crippen molar-refractivity contribution in [2.75, 3.05) is 9.80 Å². The van der Waals surface area contributed by atoms with Gasteiger partial charge < -0.3 is 14.4 Å². The number of hydrogen-bond donors (Lipinski definition) is 0. The van der Waals surface area contributed by atoms with Gasteiger partial charge in [0.1, 0.15) is 0 Å². The van der Waals surface area contributed by atoms with E-state index in [1.54, 1.807) is 0 Å². The Labute approximate surface area is 473 Å². The third kappa shape index (κ3) is 10.8. The molecule has 0 saturated carbocycles. The summed E-state index contributed by atoms with van der Waals surface area (Å²) in [5.41, 5.74) is 19.9. The predicted molar refractivity (Wildman–Crippen MR) is 342 cm³/mol. The minimum Gasteiger partial charge on any atom is -0.310 e. The van der Waals surface area contributed by atoms with E-state index in [9.17, 15) is 0 Å². The molecule has 0 radical (unpaired) electrons. The van der Waals surface area contributed by atoms with Gasteiger partial charge in [-0.15, -0.1) is 0 Å². The second kappa shape index (κ2) is 20.2. The van der Waals surface area contributed by atoms with Crippen LogP contribution in [0.15, 0.2) is 212 Å². The maximum atomic E-state index is 2.54. The third-order valence-electron chi connectivity index (χ3n) is 16.8. The van der Waals surface area contributed by atoms with Crippen molar-refractivity contribution in [3.8, 4) is 5.69 Å². The number of rotatable bonds is 11. The summed E-state index contributed by atoms with van der Waals surface area (Å²) in [4.78, 5) is 4.88. The van der Waals surface area contributed by atoms with E-state index in [1.807, 2.05) is 0 Å². The molecule has 0 spiro atoms. The lowest BCUT2D eigenvalue weighted by atomic mass is 9.73. The lowest BCUT2D eigenvalue weighted by Gasteiger charge is -2.32. The fourth-order valence-electron chi connectivity index (χ4n) is 11.4. The topological polar surface area (TPSA) is 11.4 Å². The Hall–Kier alpha value is -7.62. The van der Waals surface area contributed by atoms with Gasteiger partial charge in [0, 0.05) is 61.4 Å². The Balaban J connectivity index is 1.27. The highest BCUT2D eigenvalue weighted by molar-refractivity contribution is 6.12. The van der Waals surface area contributed by atoms with Crippen LogP contribution in [-0.2, 0) is 32.5 Å². The predicted octanol–water partition coefficient (Wildman–Crippen LogP) is 21.6. The van der Waals surface area contributed by atoms with Crippen LogP contribution in [0.25, 0.3) is 27.5 Å². The highest BCUT2D eigenvalue weighted by Crippen LogP contribution is 2.46. The van der Waals surface area contributed by atoms with Crippen molar-refractivity contribution in [3.05, 3.63) is 257 Å². The minimum absolute atomic E-state index is 0.0249. The SMILES string of the molecule is CC(C)(C)c1ccc(N(c2ccc(C(C)(C)C)cc2)c2ccc3c(c2)c2cc(N(c4ccc(C(C)(C)C)cc4)c4ccc(C(C)(C)C)cc4)ccc2n3-c2cc(C(C)(C)c3ccccc3)cc(C(C)(C)c3ccccc3)c2)cc1. The lowest BCUT2D eigenvalue weighted by molar-refractivity contribution is 0.590. The molecule has 0 atom stereocenters. The van der Waals surface area contributed by atoms with Crippen molar-refractivity contribution in [1.82, 2.24) is 4.57 Å². The summed E-state index contributed by atoms with van der Waals surface area (Å²) in [6.07, 6.45) is 0. The first-order chi connectivity index (χ1) is 37.2. The third-order valence-corrected chi connectivity index (χ3v) is 16.8. The quantitative estimate of drug-likeness (QED) is 0.128. The summed E-state index contributed by atoms with van der Waals surface area (Å²) < 4.78 is 2.54. The van der Waals surface area contributed by atoms with Crippen LogP contribution in [-0.4, -0.2) is 4.57 Å². The van der Waals surface area contributed by atoms with Crippen LogP contribution in [0, 0.1) is 0 Å². The largest absolute Gasteiger partial charge is 0.310 e. The van der Waals surface area contributed by atoms with Gasteiger partial charge >= 0.3 is 0 Å². The summed E-state index contributed by atoms with van der Waals surface area (Å²) >= 11 is 0. The standard InChI is InChI=1S/C76H83N3/c1-71(2,3)52-27-35-60(36-28-52)77(61-37-29-53(30-38-61)72(4,5)6)64-43-45-69-67(50-64)68-51-65(78(62-39-31-54(32-40-62)73(7,8)9)63-41-33-55(34-42-63)74(10,11)12)44-46-70(68)79(69)66-48-58(75(13,14)56-23-19-17-20-24-56)47-59(49-66)76(15,16)57-25-21-18-22-26-57/h17-51H,1-16H3. The van der Waals surface area contributed by atoms with E-state index >= 15 is 0 Å². The van der Waals surface area contributed by atoms with Gasteiger partial charge in [-0.1, -0.05) is 226 Å². The molecule has 10 aromatic rings. The molecule has 0 bridgehead atoms. The van der Waals surface area contributed by atoms with Gasteiger partial charge in [-0.2, -0.15) is 0 Å². The van der Waals surface area contributed by atoms with Crippen LogP contribution in [0.5, 0.6) is 0 Å².